The van der Waals surface area contributed by atoms with E-state index in [2.05, 4.69) is 37.0 Å². The summed E-state index contributed by atoms with van der Waals surface area (Å²) in [4.78, 5) is 0. The molecule has 2 rings (SSSR count). The molecule has 1 aromatic rings. The molecule has 0 saturated carbocycles. The maximum atomic E-state index is 5.77. The van der Waals surface area contributed by atoms with Gasteiger partial charge in [-0.15, -0.1) is 0 Å². The van der Waals surface area contributed by atoms with Crippen LogP contribution in [0.15, 0.2) is 30.4 Å². The van der Waals surface area contributed by atoms with E-state index in [-0.39, 0.29) is 0 Å². The van der Waals surface area contributed by atoms with Crippen LogP contribution >= 0.6 is 0 Å². The largest absolute Gasteiger partial charge is 0.489 e. The first kappa shape index (κ1) is 13.2. The van der Waals surface area contributed by atoms with Crippen molar-refractivity contribution in [1.82, 2.24) is 5.32 Å². The van der Waals surface area contributed by atoms with Gasteiger partial charge in [0.25, 0.3) is 0 Å². The molecule has 1 atom stereocenters. The summed E-state index contributed by atoms with van der Waals surface area (Å²) in [6.45, 7) is 6.70. The minimum Gasteiger partial charge on any atom is -0.489 e. The lowest BCUT2D eigenvalue weighted by Gasteiger charge is -2.25. The van der Waals surface area contributed by atoms with E-state index in [0.29, 0.717) is 12.6 Å². The summed E-state index contributed by atoms with van der Waals surface area (Å²) in [7, 11) is 2.04. The molecule has 2 heteroatoms. The maximum Gasteiger partial charge on any atom is 0.120 e. The molecule has 0 heterocycles. The highest BCUT2D eigenvalue weighted by molar-refractivity contribution is 5.39. The molecule has 1 unspecified atom stereocenters. The highest BCUT2D eigenvalue weighted by Crippen LogP contribution is 2.31. The summed E-state index contributed by atoms with van der Waals surface area (Å²) < 4.78 is 5.77. The third-order valence-electron chi connectivity index (χ3n) is 3.72. The van der Waals surface area contributed by atoms with Crippen molar-refractivity contribution >= 4 is 0 Å². The second kappa shape index (κ2) is 6.05. The van der Waals surface area contributed by atoms with Gasteiger partial charge in [-0.2, -0.15) is 0 Å². The van der Waals surface area contributed by atoms with Crippen LogP contribution in [0.2, 0.25) is 0 Å². The lowest BCUT2D eigenvalue weighted by Crippen LogP contribution is -2.21. The zero-order chi connectivity index (χ0) is 13.0. The number of nitrogens with one attached hydrogen (secondary N) is 1. The van der Waals surface area contributed by atoms with Gasteiger partial charge in [-0.3, -0.25) is 0 Å². The minimum atomic E-state index is 0.508. The average molecular weight is 245 g/mol. The molecule has 0 bridgehead atoms. The van der Waals surface area contributed by atoms with Crippen molar-refractivity contribution in [2.75, 3.05) is 13.7 Å². The summed E-state index contributed by atoms with van der Waals surface area (Å²) in [5.74, 6) is 0.972. The highest BCUT2D eigenvalue weighted by atomic mass is 16.5. The molecule has 18 heavy (non-hydrogen) atoms. The van der Waals surface area contributed by atoms with Crippen LogP contribution in [-0.4, -0.2) is 13.7 Å². The van der Waals surface area contributed by atoms with Crippen molar-refractivity contribution in [1.29, 1.82) is 0 Å². The van der Waals surface area contributed by atoms with Crippen LogP contribution in [0.3, 0.4) is 0 Å². The summed E-state index contributed by atoms with van der Waals surface area (Å²) >= 11 is 0. The van der Waals surface area contributed by atoms with Gasteiger partial charge in [0, 0.05) is 6.04 Å². The van der Waals surface area contributed by atoms with Gasteiger partial charge >= 0.3 is 0 Å². The van der Waals surface area contributed by atoms with Gasteiger partial charge in [-0.05, 0) is 61.6 Å². The van der Waals surface area contributed by atoms with E-state index in [1.54, 1.807) is 0 Å². The van der Waals surface area contributed by atoms with Crippen molar-refractivity contribution in [2.45, 2.75) is 38.6 Å². The Morgan fingerprint density at radius 2 is 2.33 bits per heavy atom. The van der Waals surface area contributed by atoms with Crippen LogP contribution in [0.5, 0.6) is 5.75 Å². The molecule has 0 fully saturated rings. The fourth-order valence-electron chi connectivity index (χ4n) is 2.47. The molecule has 0 aromatic heterocycles. The molecular weight excluding hydrogens is 222 g/mol. The molecule has 1 aromatic carbocycles. The zero-order valence-corrected chi connectivity index (χ0v) is 11.5. The van der Waals surface area contributed by atoms with Gasteiger partial charge in [0.15, 0.2) is 0 Å². The van der Waals surface area contributed by atoms with Crippen molar-refractivity contribution in [3.05, 3.63) is 41.5 Å². The van der Waals surface area contributed by atoms with Crippen LogP contribution in [0.25, 0.3) is 0 Å². The maximum absolute atomic E-state index is 5.77. The van der Waals surface area contributed by atoms with Crippen molar-refractivity contribution < 1.29 is 4.74 Å². The van der Waals surface area contributed by atoms with Crippen LogP contribution in [0.1, 0.15) is 43.4 Å². The molecule has 0 radical (unpaired) electrons. The first-order valence-corrected chi connectivity index (χ1v) is 6.84. The van der Waals surface area contributed by atoms with E-state index in [1.807, 2.05) is 7.05 Å². The minimum absolute atomic E-state index is 0.508. The van der Waals surface area contributed by atoms with E-state index < -0.39 is 0 Å². The number of ether oxygens (including phenoxy) is 1. The normalized spacial score (nSPS) is 18.2. The lowest BCUT2D eigenvalue weighted by atomic mass is 9.87. The van der Waals surface area contributed by atoms with Gasteiger partial charge in [-0.1, -0.05) is 19.6 Å². The second-order valence-electron chi connectivity index (χ2n) is 4.99. The smallest absolute Gasteiger partial charge is 0.120 e. The molecule has 0 amide bonds. The van der Waals surface area contributed by atoms with Crippen LogP contribution in [0.4, 0.5) is 0 Å². The van der Waals surface area contributed by atoms with Crippen LogP contribution in [0, 0.1) is 0 Å². The topological polar surface area (TPSA) is 21.3 Å². The van der Waals surface area contributed by atoms with Gasteiger partial charge in [0.2, 0.25) is 0 Å². The van der Waals surface area contributed by atoms with Gasteiger partial charge in [0.1, 0.15) is 12.4 Å². The van der Waals surface area contributed by atoms with E-state index in [4.69, 9.17) is 4.74 Å². The molecule has 0 saturated heterocycles. The lowest BCUT2D eigenvalue weighted by molar-refractivity contribution is 0.348. The predicted molar refractivity (Wildman–Crippen MR) is 76.1 cm³/mol. The molecule has 1 aliphatic rings. The predicted octanol–water partition coefficient (Wildman–Crippen LogP) is 3.63. The molecule has 1 N–H and O–H groups in total. The highest BCUT2D eigenvalue weighted by Gasteiger charge is 2.18. The Bertz CT molecular complexity index is 425. The van der Waals surface area contributed by atoms with E-state index in [9.17, 15) is 0 Å². The number of rotatable bonds is 5. The van der Waals surface area contributed by atoms with Crippen LogP contribution in [-0.2, 0) is 6.42 Å². The average Bonchev–Trinajstić information content (AvgIpc) is 2.43. The Morgan fingerprint density at radius 3 is 3.06 bits per heavy atom. The molecular formula is C16H23NO. The fraction of sp³-hybridized carbons (Fsp3) is 0.500. The first-order valence-electron chi connectivity index (χ1n) is 6.84. The molecule has 98 valence electrons. The van der Waals surface area contributed by atoms with Crippen molar-refractivity contribution in [3.8, 4) is 5.75 Å². The van der Waals surface area contributed by atoms with Crippen LogP contribution < -0.4 is 10.1 Å². The Morgan fingerprint density at radius 1 is 1.50 bits per heavy atom. The molecule has 2 nitrogen and oxygen atoms in total. The van der Waals surface area contributed by atoms with Crippen molar-refractivity contribution in [2.24, 2.45) is 0 Å². The Labute approximate surface area is 110 Å². The third-order valence-corrected chi connectivity index (χ3v) is 3.72. The fourth-order valence-corrected chi connectivity index (χ4v) is 2.47. The number of benzene rings is 1. The van der Waals surface area contributed by atoms with Gasteiger partial charge < -0.3 is 10.1 Å². The Balaban J connectivity index is 2.09. The standard InChI is InChI=1S/C16H23NO/c1-4-12(2)11-18-14-8-9-15-13(10-14)6-5-7-16(15)17-3/h8-10,16-17H,2,4-7,11H2,1,3H3. The quantitative estimate of drug-likeness (QED) is 0.800. The van der Waals surface area contributed by atoms with E-state index in [0.717, 1.165) is 17.7 Å². The summed E-state index contributed by atoms with van der Waals surface area (Å²) in [6, 6.07) is 6.99. The Hall–Kier alpha value is -1.28. The van der Waals surface area contributed by atoms with Gasteiger partial charge in [0.05, 0.1) is 0 Å². The summed E-state index contributed by atoms with van der Waals surface area (Å²) in [5, 5.41) is 3.38. The first-order chi connectivity index (χ1) is 8.74. The van der Waals surface area contributed by atoms with E-state index in [1.165, 1.54) is 30.4 Å². The number of aryl methyl sites for hydroxylation is 1. The van der Waals surface area contributed by atoms with Gasteiger partial charge in [-0.25, -0.2) is 0 Å². The number of hydrogen-bond donors (Lipinski definition) is 1. The monoisotopic (exact) mass is 245 g/mol. The second-order valence-corrected chi connectivity index (χ2v) is 4.99. The van der Waals surface area contributed by atoms with Crippen molar-refractivity contribution in [3.63, 3.8) is 0 Å². The summed E-state index contributed by atoms with van der Waals surface area (Å²) in [5.41, 5.74) is 4.01. The number of fused-ring (bicyclic) bond motifs is 1. The summed E-state index contributed by atoms with van der Waals surface area (Å²) in [6.07, 6.45) is 4.63. The SMILES string of the molecule is C=C(CC)COc1ccc2c(c1)CCCC2NC. The molecule has 0 spiro atoms. The molecule has 1 aliphatic carbocycles. The van der Waals surface area contributed by atoms with E-state index >= 15 is 0 Å². The third kappa shape index (κ3) is 2.94. The Kier molecular flexibility index (Phi) is 4.43. The molecule has 0 aliphatic heterocycles. The zero-order valence-electron chi connectivity index (χ0n) is 11.5. The number of hydrogen-bond acceptors (Lipinski definition) is 2.